The van der Waals surface area contributed by atoms with Gasteiger partial charge < -0.3 is 9.84 Å². The Hall–Kier alpha value is -0.570. The van der Waals surface area contributed by atoms with E-state index in [1.165, 1.54) is 0 Å². The molecular weight excluding hydrogens is 288 g/mol. The minimum atomic E-state index is -0.795. The number of esters is 1. The number of hydrogen-bond donors (Lipinski definition) is 1. The molecule has 0 aromatic carbocycles. The van der Waals surface area contributed by atoms with E-state index in [0.29, 0.717) is 18.8 Å². The summed E-state index contributed by atoms with van der Waals surface area (Å²) < 4.78 is 6.14. The Morgan fingerprint density at radius 3 is 1.96 bits per heavy atom. The maximum atomic E-state index is 13.1. The average Bonchev–Trinajstić information content (AvgIpc) is 2.99. The largest absolute Gasteiger partial charge is 0.459 e. The molecule has 1 N–H and O–H groups in total. The van der Waals surface area contributed by atoms with Crippen molar-refractivity contribution in [3.63, 3.8) is 0 Å². The number of aliphatic hydroxyl groups is 1. The molecule has 0 aliphatic heterocycles. The second-order valence-electron chi connectivity index (χ2n) is 9.05. The Morgan fingerprint density at radius 1 is 1.17 bits per heavy atom. The molecule has 1 saturated carbocycles. The zero-order valence-electron chi connectivity index (χ0n) is 16.6. The maximum absolute atomic E-state index is 13.1. The third kappa shape index (κ3) is 4.29. The van der Waals surface area contributed by atoms with E-state index in [2.05, 4.69) is 41.5 Å². The summed E-state index contributed by atoms with van der Waals surface area (Å²) >= 11 is 0. The Labute approximate surface area is 143 Å². The van der Waals surface area contributed by atoms with E-state index in [9.17, 15) is 9.90 Å². The highest BCUT2D eigenvalue weighted by molar-refractivity contribution is 5.82. The monoisotopic (exact) mass is 326 g/mol. The van der Waals surface area contributed by atoms with Crippen LogP contribution in [0.3, 0.4) is 0 Å². The topological polar surface area (TPSA) is 46.5 Å². The molecule has 0 amide bonds. The fourth-order valence-electron chi connectivity index (χ4n) is 3.98. The Morgan fingerprint density at radius 2 is 1.65 bits per heavy atom. The molecule has 1 aliphatic carbocycles. The Balaban J connectivity index is 2.98. The lowest BCUT2D eigenvalue weighted by Crippen LogP contribution is -2.44. The number of carbonyl (C=O) groups is 1. The summed E-state index contributed by atoms with van der Waals surface area (Å²) in [5.74, 6) is 0.424. The van der Waals surface area contributed by atoms with E-state index >= 15 is 0 Å². The minimum Gasteiger partial charge on any atom is -0.459 e. The van der Waals surface area contributed by atoms with Crippen LogP contribution in [0.4, 0.5) is 0 Å². The lowest BCUT2D eigenvalue weighted by atomic mass is 9.82. The summed E-state index contributed by atoms with van der Waals surface area (Å²) in [4.78, 5) is 13.1. The van der Waals surface area contributed by atoms with E-state index in [1.54, 1.807) is 0 Å². The van der Waals surface area contributed by atoms with Gasteiger partial charge in [-0.2, -0.15) is 0 Å². The first-order valence-corrected chi connectivity index (χ1v) is 9.35. The molecule has 0 aromatic rings. The van der Waals surface area contributed by atoms with Crippen LogP contribution >= 0.6 is 0 Å². The summed E-state index contributed by atoms with van der Waals surface area (Å²) in [7, 11) is 0. The molecule has 0 saturated heterocycles. The molecule has 0 aromatic heterocycles. The number of ether oxygens (including phenoxy) is 1. The van der Waals surface area contributed by atoms with Gasteiger partial charge in [0.2, 0.25) is 0 Å². The highest BCUT2D eigenvalue weighted by Gasteiger charge is 2.67. The van der Waals surface area contributed by atoms with Gasteiger partial charge in [-0.05, 0) is 50.4 Å². The number of hydrogen-bond acceptors (Lipinski definition) is 3. The van der Waals surface area contributed by atoms with Crippen molar-refractivity contribution in [3.05, 3.63) is 0 Å². The van der Waals surface area contributed by atoms with Gasteiger partial charge in [0.1, 0.15) is 5.60 Å². The van der Waals surface area contributed by atoms with Crippen molar-refractivity contribution in [2.24, 2.45) is 16.7 Å². The third-order valence-electron chi connectivity index (χ3n) is 6.12. The fourth-order valence-corrected chi connectivity index (χ4v) is 3.98. The van der Waals surface area contributed by atoms with E-state index in [1.807, 2.05) is 13.8 Å². The standard InChI is InChI=1S/C20H38O3/c1-9-18(8,22)14-19(10-2,11-3)23-16(21)20(12-15(4)5)13-17(20,6)7/h15,22H,9-14H2,1-8H3. The molecule has 0 spiro atoms. The van der Waals surface area contributed by atoms with Gasteiger partial charge in [0.05, 0.1) is 11.0 Å². The highest BCUT2D eigenvalue weighted by atomic mass is 16.6. The van der Waals surface area contributed by atoms with Gasteiger partial charge in [-0.1, -0.05) is 48.5 Å². The molecule has 23 heavy (non-hydrogen) atoms. The first kappa shape index (κ1) is 20.5. The van der Waals surface area contributed by atoms with Gasteiger partial charge in [-0.3, -0.25) is 4.79 Å². The van der Waals surface area contributed by atoms with Crippen molar-refractivity contribution < 1.29 is 14.6 Å². The highest BCUT2D eigenvalue weighted by Crippen LogP contribution is 2.67. The fraction of sp³-hybridized carbons (Fsp3) is 0.950. The summed E-state index contributed by atoms with van der Waals surface area (Å²) in [6.45, 7) is 16.6. The SMILES string of the molecule is CCC(C)(O)CC(CC)(CC)OC(=O)C1(CC(C)C)CC1(C)C. The van der Waals surface area contributed by atoms with Crippen LogP contribution in [0.5, 0.6) is 0 Å². The van der Waals surface area contributed by atoms with Crippen LogP contribution in [0.1, 0.15) is 93.9 Å². The van der Waals surface area contributed by atoms with Crippen molar-refractivity contribution in [3.8, 4) is 0 Å². The predicted octanol–water partition coefficient (Wildman–Crippen LogP) is 5.10. The van der Waals surface area contributed by atoms with Crippen LogP contribution in [-0.4, -0.2) is 22.3 Å². The molecular formula is C20H38O3. The van der Waals surface area contributed by atoms with Crippen molar-refractivity contribution in [2.45, 2.75) is 105 Å². The average molecular weight is 327 g/mol. The summed E-state index contributed by atoms with van der Waals surface area (Å²) in [5, 5.41) is 10.5. The van der Waals surface area contributed by atoms with Crippen LogP contribution < -0.4 is 0 Å². The molecule has 2 unspecified atom stereocenters. The van der Waals surface area contributed by atoms with Crippen molar-refractivity contribution >= 4 is 5.97 Å². The lowest BCUT2D eigenvalue weighted by Gasteiger charge is -2.39. The second kappa shape index (κ2) is 6.74. The first-order chi connectivity index (χ1) is 10.4. The van der Waals surface area contributed by atoms with Crippen molar-refractivity contribution in [1.82, 2.24) is 0 Å². The molecule has 1 rings (SSSR count). The molecule has 3 heteroatoms. The van der Waals surface area contributed by atoms with E-state index in [-0.39, 0.29) is 16.8 Å². The Kier molecular flexibility index (Phi) is 6.00. The molecule has 136 valence electrons. The number of rotatable bonds is 9. The van der Waals surface area contributed by atoms with Gasteiger partial charge in [-0.25, -0.2) is 0 Å². The maximum Gasteiger partial charge on any atom is 0.313 e. The number of carbonyl (C=O) groups excluding carboxylic acids is 1. The van der Waals surface area contributed by atoms with Gasteiger partial charge in [0.25, 0.3) is 0 Å². The minimum absolute atomic E-state index is 0.0227. The molecule has 1 fully saturated rings. The summed E-state index contributed by atoms with van der Waals surface area (Å²) in [6.07, 6.45) is 4.44. The van der Waals surface area contributed by atoms with Crippen LogP contribution in [-0.2, 0) is 9.53 Å². The molecule has 0 radical (unpaired) electrons. The smallest absolute Gasteiger partial charge is 0.313 e. The van der Waals surface area contributed by atoms with Gasteiger partial charge in [-0.15, -0.1) is 0 Å². The second-order valence-corrected chi connectivity index (χ2v) is 9.05. The van der Waals surface area contributed by atoms with Gasteiger partial charge in [0, 0.05) is 6.42 Å². The molecule has 0 bridgehead atoms. The third-order valence-corrected chi connectivity index (χ3v) is 6.12. The normalized spacial score (nSPS) is 26.0. The van der Waals surface area contributed by atoms with Crippen LogP contribution in [0.15, 0.2) is 0 Å². The summed E-state index contributed by atoms with van der Waals surface area (Å²) in [6, 6.07) is 0. The van der Waals surface area contributed by atoms with E-state index < -0.39 is 11.2 Å². The zero-order chi connectivity index (χ0) is 18.1. The predicted molar refractivity (Wildman–Crippen MR) is 95.2 cm³/mol. The molecule has 1 aliphatic rings. The van der Waals surface area contributed by atoms with Gasteiger partial charge in [0.15, 0.2) is 0 Å². The van der Waals surface area contributed by atoms with Gasteiger partial charge >= 0.3 is 5.97 Å². The van der Waals surface area contributed by atoms with Crippen LogP contribution in [0.25, 0.3) is 0 Å². The van der Waals surface area contributed by atoms with E-state index in [4.69, 9.17) is 4.74 Å². The van der Waals surface area contributed by atoms with E-state index in [0.717, 1.165) is 25.7 Å². The quantitative estimate of drug-likeness (QED) is 0.599. The van der Waals surface area contributed by atoms with Crippen LogP contribution in [0, 0.1) is 16.7 Å². The first-order valence-electron chi connectivity index (χ1n) is 9.35. The van der Waals surface area contributed by atoms with Crippen molar-refractivity contribution in [1.29, 1.82) is 0 Å². The molecule has 3 nitrogen and oxygen atoms in total. The lowest BCUT2D eigenvalue weighted by molar-refractivity contribution is -0.176. The van der Waals surface area contributed by atoms with Crippen LogP contribution in [0.2, 0.25) is 0 Å². The van der Waals surface area contributed by atoms with Crippen molar-refractivity contribution in [2.75, 3.05) is 0 Å². The Bertz CT molecular complexity index is 419. The summed E-state index contributed by atoms with van der Waals surface area (Å²) in [5.41, 5.74) is -1.67. The molecule has 2 atom stereocenters. The zero-order valence-corrected chi connectivity index (χ0v) is 16.6. The molecule has 0 heterocycles.